The smallest absolute Gasteiger partial charge is 0.0233 e. The van der Waals surface area contributed by atoms with Crippen molar-refractivity contribution in [1.82, 2.24) is 0 Å². The molecule has 6 atom stereocenters. The molecule has 14 rings (SSSR count). The maximum atomic E-state index is 2.99. The molecule has 46 heavy (non-hydrogen) atoms. The molecular formula is C44H78P2. The van der Waals surface area contributed by atoms with Gasteiger partial charge in [0.25, 0.3) is 0 Å². The number of hydrogen-bond acceptors (Lipinski definition) is 0. The van der Waals surface area contributed by atoms with Gasteiger partial charge in [0.15, 0.2) is 0 Å². The first kappa shape index (κ1) is 35.3. The minimum absolute atomic E-state index is 0.800. The Morgan fingerprint density at radius 3 is 1.20 bits per heavy atom. The van der Waals surface area contributed by atoms with E-state index in [4.69, 9.17) is 0 Å². The van der Waals surface area contributed by atoms with Gasteiger partial charge in [-0.05, 0) is 216 Å². The monoisotopic (exact) mass is 669 g/mol. The van der Waals surface area contributed by atoms with E-state index >= 15 is 0 Å². The van der Waals surface area contributed by atoms with Crippen LogP contribution in [0.4, 0.5) is 0 Å². The average Bonchev–Trinajstić information content (AvgIpc) is 3.63. The van der Waals surface area contributed by atoms with Gasteiger partial charge in [-0.2, -0.15) is 0 Å². The molecule has 0 amide bonds. The van der Waals surface area contributed by atoms with Gasteiger partial charge >= 0.3 is 0 Å². The van der Waals surface area contributed by atoms with Crippen LogP contribution < -0.4 is 0 Å². The average molecular weight is 669 g/mol. The van der Waals surface area contributed by atoms with Crippen molar-refractivity contribution in [2.24, 2.45) is 82.3 Å². The van der Waals surface area contributed by atoms with Crippen LogP contribution in [0.5, 0.6) is 0 Å². The van der Waals surface area contributed by atoms with Crippen molar-refractivity contribution in [3.05, 3.63) is 0 Å². The topological polar surface area (TPSA) is 0 Å². The Kier molecular flexibility index (Phi) is 12.0. The van der Waals surface area contributed by atoms with Crippen LogP contribution in [0.3, 0.4) is 0 Å². The van der Waals surface area contributed by atoms with Gasteiger partial charge < -0.3 is 0 Å². The summed E-state index contributed by atoms with van der Waals surface area (Å²) in [6, 6.07) is 0. The molecule has 0 aromatic rings. The van der Waals surface area contributed by atoms with E-state index in [0.29, 0.717) is 0 Å². The third kappa shape index (κ3) is 8.83. The first-order valence-corrected chi connectivity index (χ1v) is 23.0. The molecule has 264 valence electrons. The molecule has 0 aromatic heterocycles. The minimum Gasteiger partial charge on any atom is -0.134 e. The summed E-state index contributed by atoms with van der Waals surface area (Å²) < 4.78 is 0. The van der Waals surface area contributed by atoms with Crippen LogP contribution in [0.2, 0.25) is 0 Å². The molecule has 0 aromatic carbocycles. The molecule has 0 spiro atoms. The molecular weight excluding hydrogens is 590 g/mol. The van der Waals surface area contributed by atoms with E-state index in [0.717, 1.165) is 93.7 Å². The van der Waals surface area contributed by atoms with E-state index in [2.05, 4.69) is 39.3 Å². The zero-order valence-electron chi connectivity index (χ0n) is 31.0. The van der Waals surface area contributed by atoms with Crippen LogP contribution in [0, 0.1) is 82.3 Å². The number of fused-ring (bicyclic) bond motifs is 5. The molecule has 14 saturated carbocycles. The molecule has 2 heteroatoms. The third-order valence-corrected chi connectivity index (χ3v) is 18.4. The highest BCUT2D eigenvalue weighted by molar-refractivity contribution is 7.17. The molecule has 14 aliphatic carbocycles. The Morgan fingerprint density at radius 1 is 0.413 bits per heavy atom. The van der Waals surface area contributed by atoms with Crippen LogP contribution in [0.25, 0.3) is 0 Å². The third-order valence-electron chi connectivity index (χ3n) is 16.9. The summed E-state index contributed by atoms with van der Waals surface area (Å²) in [7, 11) is 5.89. The Bertz CT molecular complexity index is 876. The SMILES string of the molecule is CC12CC3CC(CC(C3)C1)C2.CC1C2CC3CC(C2)CC1C3.CC1CC2CCC1CC2.PC1CC2CCC1C2.PC1CCCCC1. The Hall–Kier alpha value is 0.860. The normalized spacial score (nSPS) is 51.6. The Labute approximate surface area is 292 Å². The fraction of sp³-hybridized carbons (Fsp3) is 1.00. The molecule has 12 bridgehead atoms. The Balaban J connectivity index is 0.0000000929. The molecule has 0 saturated heterocycles. The molecule has 0 radical (unpaired) electrons. The van der Waals surface area contributed by atoms with E-state index in [1.807, 2.05) is 0 Å². The van der Waals surface area contributed by atoms with Gasteiger partial charge in [-0.3, -0.25) is 0 Å². The van der Waals surface area contributed by atoms with Gasteiger partial charge in [-0.15, -0.1) is 18.5 Å². The fourth-order valence-corrected chi connectivity index (χ4v) is 16.1. The second-order valence-electron chi connectivity index (χ2n) is 20.7. The van der Waals surface area contributed by atoms with E-state index in [1.54, 1.807) is 109 Å². The predicted octanol–water partition coefficient (Wildman–Crippen LogP) is 13.4. The van der Waals surface area contributed by atoms with Crippen molar-refractivity contribution in [1.29, 1.82) is 0 Å². The summed E-state index contributed by atoms with van der Waals surface area (Å²) in [5.41, 5.74) is 2.75. The van der Waals surface area contributed by atoms with Crippen molar-refractivity contribution in [2.45, 2.75) is 193 Å². The summed E-state index contributed by atoms with van der Waals surface area (Å²) in [6.07, 6.45) is 38.6. The number of hydrogen-bond donors (Lipinski definition) is 0. The highest BCUT2D eigenvalue weighted by Crippen LogP contribution is 2.60. The minimum atomic E-state index is 0.800. The van der Waals surface area contributed by atoms with E-state index in [1.165, 1.54) is 51.4 Å². The lowest BCUT2D eigenvalue weighted by Crippen LogP contribution is -2.44. The first-order chi connectivity index (χ1) is 22.2. The summed E-state index contributed by atoms with van der Waals surface area (Å²) in [6.45, 7) is 7.49. The van der Waals surface area contributed by atoms with Gasteiger partial charge in [0, 0.05) is 0 Å². The van der Waals surface area contributed by atoms with E-state index in [9.17, 15) is 0 Å². The predicted molar refractivity (Wildman–Crippen MR) is 207 cm³/mol. The molecule has 0 nitrogen and oxygen atoms in total. The van der Waals surface area contributed by atoms with Crippen LogP contribution in [-0.4, -0.2) is 11.3 Å². The second-order valence-corrected chi connectivity index (χ2v) is 22.5. The van der Waals surface area contributed by atoms with Gasteiger partial charge in [0.05, 0.1) is 0 Å². The van der Waals surface area contributed by atoms with E-state index < -0.39 is 0 Å². The molecule has 14 aliphatic rings. The van der Waals surface area contributed by atoms with Gasteiger partial charge in [-0.25, -0.2) is 0 Å². The molecule has 0 heterocycles. The maximum absolute atomic E-state index is 2.99. The summed E-state index contributed by atoms with van der Waals surface area (Å²) in [5, 5.41) is 0. The van der Waals surface area contributed by atoms with Gasteiger partial charge in [-0.1, -0.05) is 59.3 Å². The number of rotatable bonds is 0. The largest absolute Gasteiger partial charge is 0.134 e. The standard InChI is InChI=1S/2C11H18.C9H16.C7H13P.C6H13P/c1-11-5-8-2-9(6-11)4-10(3-8)7-11;1-7-10-3-8-2-9(5-10)6-11(7)4-8;1-7-6-8-2-4-9(7)5-3-8;8-7-4-5-1-2-6(7)3-5;7-6-4-2-1-3-5-6/h8-10H,2-7H2,1H3;7-11H,2-6H2,1H3;7-9H,2-6H2,1H3;5-7H,1-4,8H2;6H,1-5,7H2. The highest BCUT2D eigenvalue weighted by Gasteiger charge is 2.48. The molecule has 14 fully saturated rings. The van der Waals surface area contributed by atoms with Crippen molar-refractivity contribution in [3.8, 4) is 0 Å². The fourth-order valence-electron chi connectivity index (χ4n) is 14.9. The first-order valence-electron chi connectivity index (χ1n) is 21.7. The lowest BCUT2D eigenvalue weighted by molar-refractivity contribution is -0.0411. The van der Waals surface area contributed by atoms with Crippen LogP contribution >= 0.6 is 18.5 Å². The highest BCUT2D eigenvalue weighted by atomic mass is 31.0. The Morgan fingerprint density at radius 2 is 0.891 bits per heavy atom. The van der Waals surface area contributed by atoms with Crippen molar-refractivity contribution in [2.75, 3.05) is 0 Å². The van der Waals surface area contributed by atoms with Crippen LogP contribution in [0.1, 0.15) is 181 Å². The summed E-state index contributed by atoms with van der Waals surface area (Å²) in [5.74, 6) is 14.7. The second kappa shape index (κ2) is 15.6. The van der Waals surface area contributed by atoms with Crippen LogP contribution in [-0.2, 0) is 0 Å². The zero-order chi connectivity index (χ0) is 31.8. The zero-order valence-corrected chi connectivity index (χ0v) is 33.3. The van der Waals surface area contributed by atoms with Gasteiger partial charge in [0.2, 0.25) is 0 Å². The molecule has 0 aliphatic heterocycles. The maximum Gasteiger partial charge on any atom is -0.0233 e. The van der Waals surface area contributed by atoms with Crippen LogP contribution in [0.15, 0.2) is 0 Å². The quantitative estimate of drug-likeness (QED) is 0.225. The lowest BCUT2D eigenvalue weighted by Gasteiger charge is -2.55. The van der Waals surface area contributed by atoms with Gasteiger partial charge in [0.1, 0.15) is 0 Å². The molecule has 6 unspecified atom stereocenters. The molecule has 0 N–H and O–H groups in total. The summed E-state index contributed by atoms with van der Waals surface area (Å²) in [4.78, 5) is 0. The lowest BCUT2D eigenvalue weighted by atomic mass is 9.50. The van der Waals surface area contributed by atoms with Crippen molar-refractivity contribution in [3.63, 3.8) is 0 Å². The summed E-state index contributed by atoms with van der Waals surface area (Å²) >= 11 is 0. The van der Waals surface area contributed by atoms with Crippen molar-refractivity contribution >= 4 is 18.5 Å². The van der Waals surface area contributed by atoms with Crippen molar-refractivity contribution < 1.29 is 0 Å². The van der Waals surface area contributed by atoms with E-state index in [-0.39, 0.29) is 0 Å².